The largest absolute Gasteiger partial charge is 0.362 e. The zero-order valence-corrected chi connectivity index (χ0v) is 14.1. The van der Waals surface area contributed by atoms with E-state index < -0.39 is 0 Å². The Bertz CT molecular complexity index is 984. The Labute approximate surface area is 148 Å². The summed E-state index contributed by atoms with van der Waals surface area (Å²) >= 11 is 1.68. The first-order valence-corrected chi connectivity index (χ1v) is 8.71. The molecule has 0 bridgehead atoms. The Hall–Kier alpha value is -2.99. The number of anilines is 3. The molecule has 0 aliphatic rings. The van der Waals surface area contributed by atoms with Gasteiger partial charge < -0.3 is 10.6 Å². The molecule has 4 nitrogen and oxygen atoms in total. The van der Waals surface area contributed by atoms with Gasteiger partial charge in [-0.15, -0.1) is 11.3 Å². The number of rotatable bonds is 5. The minimum Gasteiger partial charge on any atom is -0.362 e. The number of fused-ring (bicyclic) bond motifs is 1. The molecule has 6 heteroatoms. The highest BCUT2D eigenvalue weighted by Gasteiger charge is 2.09. The molecule has 25 heavy (non-hydrogen) atoms. The summed E-state index contributed by atoms with van der Waals surface area (Å²) in [5.41, 5.74) is 2.37. The molecule has 0 saturated heterocycles. The van der Waals surface area contributed by atoms with Crippen molar-refractivity contribution in [1.29, 1.82) is 0 Å². The fourth-order valence-electron chi connectivity index (χ4n) is 2.46. The quantitative estimate of drug-likeness (QED) is 0.520. The molecule has 0 saturated carbocycles. The SMILES string of the molecule is Fc1ccc(Nc2nc3ccccc3nc2NCc2cccs2)cc1. The molecule has 2 N–H and O–H groups in total. The summed E-state index contributed by atoms with van der Waals surface area (Å²) in [6, 6.07) is 18.0. The molecular weight excluding hydrogens is 335 g/mol. The lowest BCUT2D eigenvalue weighted by Crippen LogP contribution is -2.06. The van der Waals surface area contributed by atoms with Gasteiger partial charge in [-0.1, -0.05) is 18.2 Å². The van der Waals surface area contributed by atoms with Crippen LogP contribution in [0.1, 0.15) is 4.88 Å². The maximum Gasteiger partial charge on any atom is 0.174 e. The number of aromatic nitrogens is 2. The molecule has 0 aliphatic heterocycles. The van der Waals surface area contributed by atoms with E-state index in [4.69, 9.17) is 0 Å². The smallest absolute Gasteiger partial charge is 0.174 e. The summed E-state index contributed by atoms with van der Waals surface area (Å²) in [6.07, 6.45) is 0. The summed E-state index contributed by atoms with van der Waals surface area (Å²) in [4.78, 5) is 10.6. The molecule has 2 aromatic heterocycles. The van der Waals surface area contributed by atoms with E-state index in [1.54, 1.807) is 23.5 Å². The van der Waals surface area contributed by atoms with Crippen LogP contribution in [0.4, 0.5) is 21.7 Å². The van der Waals surface area contributed by atoms with Gasteiger partial charge in [-0.2, -0.15) is 0 Å². The van der Waals surface area contributed by atoms with Gasteiger partial charge in [0.15, 0.2) is 11.6 Å². The van der Waals surface area contributed by atoms with Crippen molar-refractivity contribution in [2.45, 2.75) is 6.54 Å². The van der Waals surface area contributed by atoms with Crippen molar-refractivity contribution in [1.82, 2.24) is 9.97 Å². The van der Waals surface area contributed by atoms with Gasteiger partial charge in [-0.25, -0.2) is 14.4 Å². The second-order valence-corrected chi connectivity index (χ2v) is 6.51. The Morgan fingerprint density at radius 3 is 2.24 bits per heavy atom. The zero-order chi connectivity index (χ0) is 17.1. The van der Waals surface area contributed by atoms with Crippen LogP contribution in [0, 0.1) is 5.82 Å². The van der Waals surface area contributed by atoms with Crippen LogP contribution in [-0.2, 0) is 6.54 Å². The third kappa shape index (κ3) is 3.59. The van der Waals surface area contributed by atoms with E-state index in [0.717, 1.165) is 16.7 Å². The number of thiophene rings is 1. The normalized spacial score (nSPS) is 10.8. The van der Waals surface area contributed by atoms with Crippen molar-refractivity contribution < 1.29 is 4.39 Å². The molecule has 0 aliphatic carbocycles. The maximum atomic E-state index is 13.1. The van der Waals surface area contributed by atoms with Gasteiger partial charge in [0, 0.05) is 10.6 Å². The van der Waals surface area contributed by atoms with Crippen LogP contribution in [0.25, 0.3) is 11.0 Å². The van der Waals surface area contributed by atoms with Crippen molar-refractivity contribution in [3.63, 3.8) is 0 Å². The topological polar surface area (TPSA) is 49.8 Å². The van der Waals surface area contributed by atoms with Crippen molar-refractivity contribution in [3.8, 4) is 0 Å². The number of hydrogen-bond donors (Lipinski definition) is 2. The van der Waals surface area contributed by atoms with E-state index in [0.29, 0.717) is 18.2 Å². The van der Waals surface area contributed by atoms with E-state index in [1.165, 1.54) is 17.0 Å². The summed E-state index contributed by atoms with van der Waals surface area (Å²) in [7, 11) is 0. The highest BCUT2D eigenvalue weighted by Crippen LogP contribution is 2.25. The number of benzene rings is 2. The average molecular weight is 350 g/mol. The van der Waals surface area contributed by atoms with E-state index in [9.17, 15) is 4.39 Å². The molecule has 0 unspecified atom stereocenters. The molecule has 2 heterocycles. The lowest BCUT2D eigenvalue weighted by atomic mass is 10.3. The Balaban J connectivity index is 1.68. The molecule has 0 amide bonds. The third-order valence-electron chi connectivity index (χ3n) is 3.69. The second kappa shape index (κ2) is 6.86. The summed E-state index contributed by atoms with van der Waals surface area (Å²) in [5, 5.41) is 8.60. The van der Waals surface area contributed by atoms with Gasteiger partial charge in [0.1, 0.15) is 5.82 Å². The highest BCUT2D eigenvalue weighted by atomic mass is 32.1. The van der Waals surface area contributed by atoms with Gasteiger partial charge in [0.2, 0.25) is 0 Å². The van der Waals surface area contributed by atoms with Crippen LogP contribution in [-0.4, -0.2) is 9.97 Å². The third-order valence-corrected chi connectivity index (χ3v) is 4.56. The number of nitrogens with one attached hydrogen (secondary N) is 2. The maximum absolute atomic E-state index is 13.1. The fourth-order valence-corrected chi connectivity index (χ4v) is 3.11. The molecule has 0 atom stereocenters. The Morgan fingerprint density at radius 1 is 0.840 bits per heavy atom. The lowest BCUT2D eigenvalue weighted by molar-refractivity contribution is 0.628. The Morgan fingerprint density at radius 2 is 1.56 bits per heavy atom. The molecule has 4 aromatic rings. The monoisotopic (exact) mass is 350 g/mol. The first-order chi connectivity index (χ1) is 12.3. The predicted octanol–water partition coefficient (Wildman–Crippen LogP) is 5.19. The first-order valence-electron chi connectivity index (χ1n) is 7.83. The van der Waals surface area contributed by atoms with E-state index in [2.05, 4.69) is 26.7 Å². The minimum absolute atomic E-state index is 0.272. The van der Waals surface area contributed by atoms with Crippen LogP contribution in [0.2, 0.25) is 0 Å². The number of hydrogen-bond acceptors (Lipinski definition) is 5. The molecule has 0 fully saturated rings. The van der Waals surface area contributed by atoms with E-state index in [1.807, 2.05) is 35.7 Å². The fraction of sp³-hybridized carbons (Fsp3) is 0.0526. The van der Waals surface area contributed by atoms with Gasteiger partial charge in [0.05, 0.1) is 17.6 Å². The molecule has 0 radical (unpaired) electrons. The van der Waals surface area contributed by atoms with Gasteiger partial charge in [-0.05, 0) is 47.8 Å². The number of halogens is 1. The first kappa shape index (κ1) is 15.5. The average Bonchev–Trinajstić information content (AvgIpc) is 3.15. The van der Waals surface area contributed by atoms with E-state index >= 15 is 0 Å². The van der Waals surface area contributed by atoms with Crippen molar-refractivity contribution in [2.75, 3.05) is 10.6 Å². The van der Waals surface area contributed by atoms with Gasteiger partial charge in [-0.3, -0.25) is 0 Å². The molecule has 124 valence electrons. The number of nitrogens with zero attached hydrogens (tertiary/aromatic N) is 2. The zero-order valence-electron chi connectivity index (χ0n) is 13.2. The summed E-state index contributed by atoms with van der Waals surface area (Å²) in [6.45, 7) is 0.669. The summed E-state index contributed by atoms with van der Waals surface area (Å²) in [5.74, 6) is 1.00. The lowest BCUT2D eigenvalue weighted by Gasteiger charge is -2.13. The minimum atomic E-state index is -0.272. The van der Waals surface area contributed by atoms with Crippen molar-refractivity contribution >= 4 is 39.7 Å². The molecular formula is C19H15FN4S. The van der Waals surface area contributed by atoms with E-state index in [-0.39, 0.29) is 5.82 Å². The summed E-state index contributed by atoms with van der Waals surface area (Å²) < 4.78 is 13.1. The van der Waals surface area contributed by atoms with Crippen molar-refractivity contribution in [2.24, 2.45) is 0 Å². The standard InChI is InChI=1S/C19H15FN4S/c20-13-7-9-14(10-8-13)22-19-18(21-12-15-4-3-11-25-15)23-16-5-1-2-6-17(16)24-19/h1-11H,12H2,(H,21,23)(H,22,24). The molecule has 4 rings (SSSR count). The van der Waals surface area contributed by atoms with Gasteiger partial charge >= 0.3 is 0 Å². The number of para-hydroxylation sites is 2. The predicted molar refractivity (Wildman–Crippen MR) is 101 cm³/mol. The van der Waals surface area contributed by atoms with Crippen molar-refractivity contribution in [3.05, 3.63) is 76.7 Å². The molecule has 2 aromatic carbocycles. The van der Waals surface area contributed by atoms with Crippen LogP contribution >= 0.6 is 11.3 Å². The molecule has 0 spiro atoms. The van der Waals surface area contributed by atoms with Crippen LogP contribution in [0.15, 0.2) is 66.0 Å². The Kier molecular flexibility index (Phi) is 4.26. The second-order valence-electron chi connectivity index (χ2n) is 5.47. The highest BCUT2D eigenvalue weighted by molar-refractivity contribution is 7.09. The van der Waals surface area contributed by atoms with Crippen LogP contribution in [0.3, 0.4) is 0 Å². The van der Waals surface area contributed by atoms with Gasteiger partial charge in [0.25, 0.3) is 0 Å². The van der Waals surface area contributed by atoms with Crippen LogP contribution in [0.5, 0.6) is 0 Å². The van der Waals surface area contributed by atoms with Crippen LogP contribution < -0.4 is 10.6 Å².